The number of amides is 1. The first-order valence-electron chi connectivity index (χ1n) is 7.30. The summed E-state index contributed by atoms with van der Waals surface area (Å²) in [7, 11) is 1.26. The molecule has 0 saturated carbocycles. The van der Waals surface area contributed by atoms with Crippen LogP contribution in [0.4, 0.5) is 5.00 Å². The SMILES string of the molecule is CCOC(=O)c1c(NC(=O)C2CCCO2)sc(C(=O)OC)c1C. The molecule has 2 rings (SSSR count). The molecule has 0 aromatic carbocycles. The quantitative estimate of drug-likeness (QED) is 0.825. The minimum absolute atomic E-state index is 0.184. The van der Waals surface area contributed by atoms with Gasteiger partial charge >= 0.3 is 11.9 Å². The molecule has 126 valence electrons. The Morgan fingerprint density at radius 3 is 2.65 bits per heavy atom. The number of hydrogen-bond acceptors (Lipinski definition) is 7. The molecule has 8 heteroatoms. The van der Waals surface area contributed by atoms with E-state index < -0.39 is 18.0 Å². The van der Waals surface area contributed by atoms with Gasteiger partial charge in [-0.15, -0.1) is 11.3 Å². The molecule has 7 nitrogen and oxygen atoms in total. The van der Waals surface area contributed by atoms with E-state index in [-0.39, 0.29) is 28.0 Å². The van der Waals surface area contributed by atoms with Crippen molar-refractivity contribution in [3.63, 3.8) is 0 Å². The highest BCUT2D eigenvalue weighted by atomic mass is 32.1. The maximum atomic E-state index is 12.2. The van der Waals surface area contributed by atoms with Crippen LogP contribution in [-0.4, -0.2) is 44.3 Å². The number of ether oxygens (including phenoxy) is 3. The molecule has 0 aliphatic carbocycles. The summed E-state index contributed by atoms with van der Waals surface area (Å²) in [4.78, 5) is 36.5. The van der Waals surface area contributed by atoms with Crippen molar-refractivity contribution in [3.05, 3.63) is 16.0 Å². The fourth-order valence-electron chi connectivity index (χ4n) is 2.31. The summed E-state index contributed by atoms with van der Waals surface area (Å²) < 4.78 is 15.1. The molecule has 0 spiro atoms. The van der Waals surface area contributed by atoms with E-state index in [1.54, 1.807) is 13.8 Å². The van der Waals surface area contributed by atoms with E-state index in [1.807, 2.05) is 0 Å². The van der Waals surface area contributed by atoms with E-state index in [1.165, 1.54) is 7.11 Å². The van der Waals surface area contributed by atoms with Gasteiger partial charge in [0.2, 0.25) is 0 Å². The largest absolute Gasteiger partial charge is 0.465 e. The summed E-state index contributed by atoms with van der Waals surface area (Å²) in [5.41, 5.74) is 0.617. The van der Waals surface area contributed by atoms with Crippen molar-refractivity contribution < 1.29 is 28.6 Å². The Kier molecular flexibility index (Phi) is 5.73. The minimum Gasteiger partial charge on any atom is -0.465 e. The Hall–Kier alpha value is -1.93. The number of carbonyl (C=O) groups excluding carboxylic acids is 3. The monoisotopic (exact) mass is 341 g/mol. The third kappa shape index (κ3) is 3.70. The lowest BCUT2D eigenvalue weighted by molar-refractivity contribution is -0.124. The fraction of sp³-hybridized carbons (Fsp3) is 0.533. The summed E-state index contributed by atoms with van der Waals surface area (Å²) in [6, 6.07) is 0. The second kappa shape index (κ2) is 7.56. The highest BCUT2D eigenvalue weighted by molar-refractivity contribution is 7.18. The van der Waals surface area contributed by atoms with Crippen LogP contribution in [0.25, 0.3) is 0 Å². The van der Waals surface area contributed by atoms with E-state index >= 15 is 0 Å². The van der Waals surface area contributed by atoms with Crippen LogP contribution in [0.15, 0.2) is 0 Å². The molecular weight excluding hydrogens is 322 g/mol. The molecule has 1 saturated heterocycles. The van der Waals surface area contributed by atoms with Crippen molar-refractivity contribution >= 4 is 34.2 Å². The summed E-state index contributed by atoms with van der Waals surface area (Å²) in [6.07, 6.45) is 0.920. The zero-order valence-corrected chi connectivity index (χ0v) is 14.1. The number of rotatable bonds is 5. The molecule has 1 aliphatic rings. The van der Waals surface area contributed by atoms with Crippen LogP contribution in [0, 0.1) is 6.92 Å². The van der Waals surface area contributed by atoms with Crippen LogP contribution < -0.4 is 5.32 Å². The molecule has 2 heterocycles. The van der Waals surface area contributed by atoms with E-state index in [0.717, 1.165) is 17.8 Å². The van der Waals surface area contributed by atoms with Crippen molar-refractivity contribution in [2.75, 3.05) is 25.6 Å². The van der Waals surface area contributed by atoms with Crippen molar-refractivity contribution in [1.29, 1.82) is 0 Å². The topological polar surface area (TPSA) is 90.9 Å². The van der Waals surface area contributed by atoms with E-state index in [0.29, 0.717) is 18.6 Å². The molecule has 23 heavy (non-hydrogen) atoms. The first kappa shape index (κ1) is 17.4. The number of thiophene rings is 1. The molecule has 1 N–H and O–H groups in total. The molecule has 1 aromatic rings. The molecule has 1 atom stereocenters. The Labute approximate surface area is 137 Å². The lowest BCUT2D eigenvalue weighted by atomic mass is 10.1. The average Bonchev–Trinajstić information content (AvgIpc) is 3.15. The van der Waals surface area contributed by atoms with Crippen LogP contribution >= 0.6 is 11.3 Å². The summed E-state index contributed by atoms with van der Waals surface area (Å²) in [5.74, 6) is -1.47. The standard InChI is InChI=1S/C15H19NO6S/c1-4-21-14(18)10-8(2)11(15(19)20-3)23-13(10)16-12(17)9-6-5-7-22-9/h9H,4-7H2,1-3H3,(H,16,17). The number of nitrogens with one attached hydrogen (secondary N) is 1. The zero-order chi connectivity index (χ0) is 17.0. The fourth-order valence-corrected chi connectivity index (χ4v) is 3.43. The van der Waals surface area contributed by atoms with Gasteiger partial charge in [-0.1, -0.05) is 0 Å². The van der Waals surface area contributed by atoms with Crippen molar-refractivity contribution in [2.45, 2.75) is 32.8 Å². The molecule has 0 radical (unpaired) electrons. The molecule has 1 amide bonds. The van der Waals surface area contributed by atoms with Crippen LogP contribution in [0.2, 0.25) is 0 Å². The number of carbonyl (C=O) groups is 3. The molecule has 1 fully saturated rings. The maximum absolute atomic E-state index is 12.2. The Balaban J connectivity index is 2.33. The predicted octanol–water partition coefficient (Wildman–Crippen LogP) is 2.14. The van der Waals surface area contributed by atoms with E-state index in [4.69, 9.17) is 14.2 Å². The van der Waals surface area contributed by atoms with Gasteiger partial charge in [0.15, 0.2) is 0 Å². The van der Waals surface area contributed by atoms with Gasteiger partial charge in [-0.25, -0.2) is 9.59 Å². The van der Waals surface area contributed by atoms with Crippen molar-refractivity contribution in [2.24, 2.45) is 0 Å². The number of esters is 2. The minimum atomic E-state index is -0.584. The Morgan fingerprint density at radius 1 is 1.35 bits per heavy atom. The predicted molar refractivity (Wildman–Crippen MR) is 84.0 cm³/mol. The van der Waals surface area contributed by atoms with Crippen molar-refractivity contribution in [3.8, 4) is 0 Å². The highest BCUT2D eigenvalue weighted by Gasteiger charge is 2.30. The number of hydrogen-bond donors (Lipinski definition) is 1. The van der Waals surface area contributed by atoms with Crippen LogP contribution in [0.3, 0.4) is 0 Å². The smallest absolute Gasteiger partial charge is 0.348 e. The van der Waals surface area contributed by atoms with Gasteiger partial charge in [-0.3, -0.25) is 4.79 Å². The highest BCUT2D eigenvalue weighted by Crippen LogP contribution is 2.34. The molecule has 1 unspecified atom stereocenters. The Morgan fingerprint density at radius 2 is 2.09 bits per heavy atom. The van der Waals surface area contributed by atoms with Gasteiger partial charge in [0.1, 0.15) is 16.0 Å². The lowest BCUT2D eigenvalue weighted by Gasteiger charge is -2.10. The first-order chi connectivity index (χ1) is 11.0. The van der Waals surface area contributed by atoms with E-state index in [9.17, 15) is 14.4 Å². The van der Waals surface area contributed by atoms with Crippen LogP contribution in [-0.2, 0) is 19.0 Å². The molecular formula is C15H19NO6S. The first-order valence-corrected chi connectivity index (χ1v) is 8.12. The van der Waals surface area contributed by atoms with Gasteiger partial charge in [-0.2, -0.15) is 0 Å². The van der Waals surface area contributed by atoms with Crippen LogP contribution in [0.1, 0.15) is 45.4 Å². The number of anilines is 1. The lowest BCUT2D eigenvalue weighted by Crippen LogP contribution is -2.27. The zero-order valence-electron chi connectivity index (χ0n) is 13.3. The average molecular weight is 341 g/mol. The van der Waals surface area contributed by atoms with Crippen molar-refractivity contribution in [1.82, 2.24) is 0 Å². The molecule has 1 aromatic heterocycles. The van der Waals surface area contributed by atoms with Gasteiger partial charge in [0.25, 0.3) is 5.91 Å². The molecule has 0 bridgehead atoms. The normalized spacial score (nSPS) is 16.9. The van der Waals surface area contributed by atoms with Gasteiger partial charge < -0.3 is 19.5 Å². The van der Waals surface area contributed by atoms with Gasteiger partial charge in [0.05, 0.1) is 19.3 Å². The summed E-state index contributed by atoms with van der Waals surface area (Å²) in [5, 5.41) is 2.96. The second-order valence-electron chi connectivity index (χ2n) is 4.96. The van der Waals surface area contributed by atoms with Crippen LogP contribution in [0.5, 0.6) is 0 Å². The van der Waals surface area contributed by atoms with Gasteiger partial charge in [0, 0.05) is 6.61 Å². The number of methoxy groups -OCH3 is 1. The second-order valence-corrected chi connectivity index (χ2v) is 5.98. The third-order valence-electron chi connectivity index (χ3n) is 3.46. The maximum Gasteiger partial charge on any atom is 0.348 e. The Bertz CT molecular complexity index is 618. The summed E-state index contributed by atoms with van der Waals surface area (Å²) >= 11 is 0.997. The van der Waals surface area contributed by atoms with Gasteiger partial charge in [-0.05, 0) is 32.3 Å². The third-order valence-corrected chi connectivity index (χ3v) is 4.64. The molecule has 1 aliphatic heterocycles. The van der Waals surface area contributed by atoms with E-state index in [2.05, 4.69) is 5.32 Å². The summed E-state index contributed by atoms with van der Waals surface area (Å²) in [6.45, 7) is 4.04.